The van der Waals surface area contributed by atoms with Crippen molar-refractivity contribution in [3.63, 3.8) is 0 Å². The lowest BCUT2D eigenvalue weighted by atomic mass is 10.1. The molecule has 0 aliphatic rings. The van der Waals surface area contributed by atoms with E-state index in [1.165, 1.54) is 37.7 Å². The first-order chi connectivity index (χ1) is 13.3. The van der Waals surface area contributed by atoms with Gasteiger partial charge < -0.3 is 29.8 Å². The lowest BCUT2D eigenvalue weighted by molar-refractivity contribution is -0.991. The number of carbonyl (C=O) groups is 2. The predicted octanol–water partition coefficient (Wildman–Crippen LogP) is 1.09. The van der Waals surface area contributed by atoms with Crippen molar-refractivity contribution < 1.29 is 39.3 Å². The number of rotatable bonds is 9. The minimum absolute atomic E-state index is 0.110. The van der Waals surface area contributed by atoms with Gasteiger partial charge in [0.05, 0.1) is 19.8 Å². The molecule has 1 heterocycles. The fraction of sp³-hybridized carbons (Fsp3) is 0.294. The first-order valence-corrected chi connectivity index (χ1v) is 8.90. The predicted molar refractivity (Wildman–Crippen MR) is 98.1 cm³/mol. The Labute approximate surface area is 164 Å². The number of hydrogen-bond donors (Lipinski definition) is 4. The maximum absolute atomic E-state index is 12.0. The van der Waals surface area contributed by atoms with Crippen LogP contribution in [0.2, 0.25) is 0 Å². The Morgan fingerprint density at radius 3 is 2.50 bits per heavy atom. The fourth-order valence-corrected chi connectivity index (χ4v) is 3.15. The van der Waals surface area contributed by atoms with Gasteiger partial charge in [-0.2, -0.15) is 5.23 Å². The Kier molecular flexibility index (Phi) is 7.58. The quantitative estimate of drug-likeness (QED) is 0.449. The van der Waals surface area contributed by atoms with Crippen LogP contribution in [0.5, 0.6) is 11.5 Å². The third-order valence-electron chi connectivity index (χ3n) is 3.77. The summed E-state index contributed by atoms with van der Waals surface area (Å²) in [6.07, 6.45) is -0.867. The molecule has 0 aliphatic heterocycles. The third-order valence-corrected chi connectivity index (χ3v) is 4.67. The second-order valence-electron chi connectivity index (χ2n) is 5.56. The maximum Gasteiger partial charge on any atom is 0.408 e. The van der Waals surface area contributed by atoms with Crippen LogP contribution in [0.1, 0.15) is 10.4 Å². The number of quaternary nitrogens is 1. The van der Waals surface area contributed by atoms with E-state index in [1.54, 1.807) is 17.5 Å². The minimum Gasteiger partial charge on any atom is -0.595 e. The molecule has 0 saturated carbocycles. The molecule has 1 aromatic carbocycles. The summed E-state index contributed by atoms with van der Waals surface area (Å²) in [5, 5.41) is 32.9. The van der Waals surface area contributed by atoms with Crippen LogP contribution in [0.25, 0.3) is 0 Å². The molecule has 0 spiro atoms. The third kappa shape index (κ3) is 5.57. The van der Waals surface area contributed by atoms with Gasteiger partial charge in [-0.25, -0.2) is 14.8 Å². The molecule has 0 radical (unpaired) electrons. The summed E-state index contributed by atoms with van der Waals surface area (Å²) in [7, 11) is 2.75. The molecular weight excluding hydrogens is 392 g/mol. The molecule has 10 nitrogen and oxygen atoms in total. The second kappa shape index (κ2) is 9.90. The number of nitrogens with one attached hydrogen (secondary N) is 2. The van der Waals surface area contributed by atoms with Gasteiger partial charge in [-0.3, -0.25) is 0 Å². The van der Waals surface area contributed by atoms with Gasteiger partial charge in [0.1, 0.15) is 12.6 Å². The van der Waals surface area contributed by atoms with Crippen LogP contribution in [0, 0.1) is 5.21 Å². The van der Waals surface area contributed by atoms with Crippen LogP contribution in [-0.4, -0.2) is 42.6 Å². The van der Waals surface area contributed by atoms with E-state index in [-0.39, 0.29) is 35.8 Å². The molecular formula is C17H20N2O8S. The molecule has 11 heteroatoms. The number of carboxylic acid groups (broad SMARTS) is 1. The highest BCUT2D eigenvalue weighted by atomic mass is 32.1. The molecule has 0 saturated heterocycles. The van der Waals surface area contributed by atoms with Crippen LogP contribution in [0.4, 0.5) is 10.5 Å². The molecule has 2 atom stereocenters. The number of thiophene rings is 1. The van der Waals surface area contributed by atoms with E-state index in [0.717, 1.165) is 4.88 Å². The average Bonchev–Trinajstić information content (AvgIpc) is 3.17. The Morgan fingerprint density at radius 2 is 1.96 bits per heavy atom. The molecule has 152 valence electrons. The summed E-state index contributed by atoms with van der Waals surface area (Å²) in [4.78, 5) is 24.2. The summed E-state index contributed by atoms with van der Waals surface area (Å²) >= 11 is 1.37. The van der Waals surface area contributed by atoms with Gasteiger partial charge in [-0.1, -0.05) is 6.07 Å². The first-order valence-electron chi connectivity index (χ1n) is 8.02. The Bertz CT molecular complexity index is 810. The number of aliphatic carboxylic acids is 1. The molecule has 1 amide bonds. The maximum atomic E-state index is 12.0. The summed E-state index contributed by atoms with van der Waals surface area (Å²) in [5.74, 6) is -0.717. The highest BCUT2D eigenvalue weighted by Gasteiger charge is 2.23. The standard InChI is InChI=1S/C17H20N2O8S/c1-25-14-6-10(13(19(23)24)8-15(14)26-2)9-27-17(22)18-12(16(20)21)7-11-4-3-5-28-11/h3-6,8,12,19,23H,7,9H2,1-2H3,(H,18,22)(H,20,21). The van der Waals surface area contributed by atoms with E-state index in [9.17, 15) is 25.1 Å². The lowest BCUT2D eigenvalue weighted by Crippen LogP contribution is -2.99. The van der Waals surface area contributed by atoms with Crippen LogP contribution < -0.4 is 20.0 Å². The number of methoxy groups -OCH3 is 2. The number of benzene rings is 1. The molecule has 2 rings (SSSR count). The van der Waals surface area contributed by atoms with E-state index in [2.05, 4.69) is 5.32 Å². The van der Waals surface area contributed by atoms with Crippen molar-refractivity contribution in [2.24, 2.45) is 0 Å². The Balaban J connectivity index is 2.07. The van der Waals surface area contributed by atoms with Crippen molar-refractivity contribution in [2.45, 2.75) is 19.1 Å². The average molecular weight is 412 g/mol. The van der Waals surface area contributed by atoms with Crippen LogP contribution in [-0.2, 0) is 22.6 Å². The minimum atomic E-state index is -1.24. The number of carbonyl (C=O) groups excluding carboxylic acids is 1. The SMILES string of the molecule is COc1cc(COC(=O)NC(Cc2cccs2)C(=O)O)c([NH+]([O-])O)cc1OC. The zero-order valence-electron chi connectivity index (χ0n) is 15.1. The van der Waals surface area contributed by atoms with Crippen molar-refractivity contribution in [1.29, 1.82) is 0 Å². The normalized spacial score (nSPS) is 12.7. The first kappa shape index (κ1) is 21.4. The van der Waals surface area contributed by atoms with Gasteiger partial charge in [0.2, 0.25) is 0 Å². The molecule has 0 fully saturated rings. The zero-order chi connectivity index (χ0) is 20.7. The van der Waals surface area contributed by atoms with E-state index in [4.69, 9.17) is 14.2 Å². The summed E-state index contributed by atoms with van der Waals surface area (Å²) in [6, 6.07) is 5.01. The van der Waals surface area contributed by atoms with Gasteiger partial charge in [0.15, 0.2) is 17.2 Å². The summed E-state index contributed by atoms with van der Waals surface area (Å²) < 4.78 is 15.2. The van der Waals surface area contributed by atoms with Crippen LogP contribution >= 0.6 is 11.3 Å². The molecule has 4 N–H and O–H groups in total. The molecule has 1 aromatic heterocycles. The van der Waals surface area contributed by atoms with Crippen molar-refractivity contribution in [3.05, 3.63) is 45.3 Å². The van der Waals surface area contributed by atoms with Crippen molar-refractivity contribution in [1.82, 2.24) is 5.32 Å². The van der Waals surface area contributed by atoms with Crippen LogP contribution in [0.3, 0.4) is 0 Å². The highest BCUT2D eigenvalue weighted by molar-refractivity contribution is 7.09. The molecule has 2 aromatic rings. The second-order valence-corrected chi connectivity index (χ2v) is 6.60. The smallest absolute Gasteiger partial charge is 0.408 e. The fourth-order valence-electron chi connectivity index (χ4n) is 2.40. The summed E-state index contributed by atoms with van der Waals surface area (Å²) in [5.41, 5.74) is 0.0456. The molecule has 0 aliphatic carbocycles. The number of amides is 1. The van der Waals surface area contributed by atoms with Gasteiger partial charge in [-0.15, -0.1) is 11.3 Å². The number of alkyl carbamates (subject to hydrolysis) is 1. The van der Waals surface area contributed by atoms with Gasteiger partial charge in [0.25, 0.3) is 0 Å². The largest absolute Gasteiger partial charge is 0.595 e. The molecule has 28 heavy (non-hydrogen) atoms. The number of ether oxygens (including phenoxy) is 3. The van der Waals surface area contributed by atoms with E-state index >= 15 is 0 Å². The number of carboxylic acids is 1. The van der Waals surface area contributed by atoms with E-state index in [1.807, 2.05) is 0 Å². The number of hydrogen-bond acceptors (Lipinski definition) is 8. The van der Waals surface area contributed by atoms with Gasteiger partial charge in [-0.05, 0) is 17.5 Å². The highest BCUT2D eigenvalue weighted by Crippen LogP contribution is 2.32. The van der Waals surface area contributed by atoms with Crippen molar-refractivity contribution in [3.8, 4) is 11.5 Å². The summed E-state index contributed by atoms with van der Waals surface area (Å²) in [6.45, 7) is -0.390. The topological polar surface area (TPSA) is 142 Å². The Morgan fingerprint density at radius 1 is 1.29 bits per heavy atom. The van der Waals surface area contributed by atoms with Crippen molar-refractivity contribution >= 4 is 29.1 Å². The van der Waals surface area contributed by atoms with E-state index < -0.39 is 23.3 Å². The van der Waals surface area contributed by atoms with E-state index in [0.29, 0.717) is 0 Å². The monoisotopic (exact) mass is 412 g/mol. The van der Waals surface area contributed by atoms with Gasteiger partial charge in [0, 0.05) is 17.4 Å². The molecule has 2 unspecified atom stereocenters. The zero-order valence-corrected chi connectivity index (χ0v) is 15.9. The molecule has 0 bridgehead atoms. The van der Waals surface area contributed by atoms with Crippen molar-refractivity contribution in [2.75, 3.05) is 14.2 Å². The Hall–Kier alpha value is -2.86. The van der Waals surface area contributed by atoms with Crippen LogP contribution in [0.15, 0.2) is 29.6 Å². The lowest BCUT2D eigenvalue weighted by Gasteiger charge is -2.19. The van der Waals surface area contributed by atoms with Gasteiger partial charge >= 0.3 is 12.1 Å².